The largest absolute Gasteiger partial charge is 0.480 e. The molecule has 0 radical (unpaired) electrons. The summed E-state index contributed by atoms with van der Waals surface area (Å²) in [5, 5.41) is 9.16. The molecule has 3 N–H and O–H groups in total. The summed E-state index contributed by atoms with van der Waals surface area (Å²) in [7, 11) is 1.45. The number of halogens is 1. The van der Waals surface area contributed by atoms with Crippen molar-refractivity contribution in [3.05, 3.63) is 29.6 Å². The fourth-order valence-corrected chi connectivity index (χ4v) is 2.30. The molecule has 1 aliphatic rings. The van der Waals surface area contributed by atoms with Crippen LogP contribution < -0.4 is 5.73 Å². The molecule has 0 spiro atoms. The zero-order valence-corrected chi connectivity index (χ0v) is 10.9. The fraction of sp³-hybridized carbons (Fsp3) is 0.385. The number of hydrogen-bond acceptors (Lipinski definition) is 4. The van der Waals surface area contributed by atoms with E-state index in [0.717, 1.165) is 11.0 Å². The normalized spacial score (nSPS) is 22.0. The highest BCUT2D eigenvalue weighted by molar-refractivity contribution is 6.01. The molecule has 0 aliphatic carbocycles. The lowest BCUT2D eigenvalue weighted by atomic mass is 10.1. The van der Waals surface area contributed by atoms with Gasteiger partial charge in [-0.25, -0.2) is 9.18 Å². The van der Waals surface area contributed by atoms with Gasteiger partial charge in [-0.05, 0) is 12.1 Å². The monoisotopic (exact) mass is 282 g/mol. The second-order valence-corrected chi connectivity index (χ2v) is 4.61. The predicted octanol–water partition coefficient (Wildman–Crippen LogP) is 0.722. The summed E-state index contributed by atoms with van der Waals surface area (Å²) in [4.78, 5) is 24.7. The number of amides is 1. The molecule has 20 heavy (non-hydrogen) atoms. The summed E-state index contributed by atoms with van der Waals surface area (Å²) in [6.45, 7) is 0.141. The molecular formula is C13H15FN2O4. The summed E-state index contributed by atoms with van der Waals surface area (Å²) in [6, 6.07) is 2.89. The van der Waals surface area contributed by atoms with Gasteiger partial charge < -0.3 is 20.5 Å². The Morgan fingerprint density at radius 2 is 2.20 bits per heavy atom. The van der Waals surface area contributed by atoms with E-state index in [9.17, 15) is 14.0 Å². The second kappa shape index (κ2) is 5.46. The number of nitrogens with zero attached hydrogens (tertiary/aromatic N) is 1. The molecule has 1 heterocycles. The average molecular weight is 282 g/mol. The third kappa shape index (κ3) is 2.44. The van der Waals surface area contributed by atoms with Crippen molar-refractivity contribution in [3.8, 4) is 0 Å². The Labute approximate surface area is 114 Å². The molecular weight excluding hydrogens is 267 g/mol. The number of ether oxygens (including phenoxy) is 1. The standard InChI is InChI=1S/C13H15FN2O4/c1-20-7-5-10(13(18)19)16(6-7)12(17)8-3-2-4-9(14)11(8)15/h2-4,7,10H,5-6,15H2,1H3,(H,18,19). The van der Waals surface area contributed by atoms with Gasteiger partial charge in [0.2, 0.25) is 0 Å². The molecule has 1 aliphatic heterocycles. The maximum absolute atomic E-state index is 13.4. The van der Waals surface area contributed by atoms with Gasteiger partial charge in [-0.15, -0.1) is 0 Å². The molecule has 2 unspecified atom stereocenters. The Hall–Kier alpha value is -2.15. The lowest BCUT2D eigenvalue weighted by molar-refractivity contribution is -0.141. The minimum atomic E-state index is -1.12. The molecule has 6 nitrogen and oxygen atoms in total. The number of methoxy groups -OCH3 is 1. The molecule has 0 saturated carbocycles. The first kappa shape index (κ1) is 14.3. The van der Waals surface area contributed by atoms with Crippen LogP contribution in [0, 0.1) is 5.82 Å². The van der Waals surface area contributed by atoms with E-state index in [0.29, 0.717) is 0 Å². The summed E-state index contributed by atoms with van der Waals surface area (Å²) >= 11 is 0. The van der Waals surface area contributed by atoms with Crippen molar-refractivity contribution in [2.75, 3.05) is 19.4 Å². The lowest BCUT2D eigenvalue weighted by Gasteiger charge is -2.22. The van der Waals surface area contributed by atoms with E-state index >= 15 is 0 Å². The summed E-state index contributed by atoms with van der Waals surface area (Å²) in [6.07, 6.45) is -0.151. The number of benzene rings is 1. The van der Waals surface area contributed by atoms with E-state index in [-0.39, 0.29) is 30.3 Å². The quantitative estimate of drug-likeness (QED) is 0.797. The number of aliphatic carboxylic acids is 1. The van der Waals surface area contributed by atoms with Crippen LogP contribution in [0.1, 0.15) is 16.8 Å². The van der Waals surface area contributed by atoms with E-state index in [1.807, 2.05) is 0 Å². The van der Waals surface area contributed by atoms with Gasteiger partial charge in [0.25, 0.3) is 5.91 Å². The number of para-hydroxylation sites is 1. The molecule has 0 aromatic heterocycles. The number of anilines is 1. The maximum atomic E-state index is 13.4. The first-order valence-electron chi connectivity index (χ1n) is 6.06. The first-order chi connectivity index (χ1) is 9.45. The SMILES string of the molecule is COC1CC(C(=O)O)N(C(=O)c2cccc(F)c2N)C1. The summed E-state index contributed by atoms with van der Waals surface area (Å²) in [5.41, 5.74) is 5.23. The average Bonchev–Trinajstić information content (AvgIpc) is 2.85. The highest BCUT2D eigenvalue weighted by Crippen LogP contribution is 2.25. The first-order valence-corrected chi connectivity index (χ1v) is 6.06. The Bertz CT molecular complexity index is 549. The predicted molar refractivity (Wildman–Crippen MR) is 68.7 cm³/mol. The zero-order chi connectivity index (χ0) is 14.9. The lowest BCUT2D eigenvalue weighted by Crippen LogP contribution is -2.41. The zero-order valence-electron chi connectivity index (χ0n) is 10.9. The van der Waals surface area contributed by atoms with Gasteiger partial charge in [0, 0.05) is 20.1 Å². The van der Waals surface area contributed by atoms with E-state index < -0.39 is 23.7 Å². The number of rotatable bonds is 3. The highest BCUT2D eigenvalue weighted by atomic mass is 19.1. The Kier molecular flexibility index (Phi) is 3.89. The Morgan fingerprint density at radius 3 is 2.80 bits per heavy atom. The van der Waals surface area contributed by atoms with Crippen molar-refractivity contribution < 1.29 is 23.8 Å². The number of nitrogens with two attached hydrogens (primary N) is 1. The molecule has 0 bridgehead atoms. The van der Waals surface area contributed by atoms with Crippen LogP contribution in [0.3, 0.4) is 0 Å². The number of carbonyl (C=O) groups excluding carboxylic acids is 1. The third-order valence-corrected chi connectivity index (χ3v) is 3.43. The van der Waals surface area contributed by atoms with E-state index in [2.05, 4.69) is 0 Å². The van der Waals surface area contributed by atoms with Gasteiger partial charge in [-0.3, -0.25) is 4.79 Å². The number of carbonyl (C=O) groups is 2. The van der Waals surface area contributed by atoms with Gasteiger partial charge in [0.15, 0.2) is 0 Å². The van der Waals surface area contributed by atoms with Crippen molar-refractivity contribution in [3.63, 3.8) is 0 Å². The van der Waals surface area contributed by atoms with Crippen molar-refractivity contribution in [1.29, 1.82) is 0 Å². The topological polar surface area (TPSA) is 92.9 Å². The number of hydrogen-bond donors (Lipinski definition) is 2. The Balaban J connectivity index is 2.31. The van der Waals surface area contributed by atoms with Crippen LogP contribution >= 0.6 is 0 Å². The molecule has 1 aromatic rings. The van der Waals surface area contributed by atoms with E-state index in [1.54, 1.807) is 0 Å². The summed E-state index contributed by atoms with van der Waals surface area (Å²) in [5.74, 6) is -2.42. The maximum Gasteiger partial charge on any atom is 0.326 e. The van der Waals surface area contributed by atoms with Crippen LogP contribution in [0.2, 0.25) is 0 Å². The van der Waals surface area contributed by atoms with Crippen molar-refractivity contribution in [2.45, 2.75) is 18.6 Å². The van der Waals surface area contributed by atoms with Crippen LogP contribution in [-0.4, -0.2) is 47.7 Å². The number of carboxylic acids is 1. The molecule has 2 atom stereocenters. The molecule has 108 valence electrons. The molecule has 1 fully saturated rings. The third-order valence-electron chi connectivity index (χ3n) is 3.43. The second-order valence-electron chi connectivity index (χ2n) is 4.61. The molecule has 2 rings (SSSR count). The van der Waals surface area contributed by atoms with Crippen molar-refractivity contribution >= 4 is 17.6 Å². The van der Waals surface area contributed by atoms with Gasteiger partial charge >= 0.3 is 5.97 Å². The van der Waals surface area contributed by atoms with Gasteiger partial charge in [0.1, 0.15) is 11.9 Å². The molecule has 1 aromatic carbocycles. The van der Waals surface area contributed by atoms with Crippen LogP contribution in [0.25, 0.3) is 0 Å². The van der Waals surface area contributed by atoms with Crippen molar-refractivity contribution in [1.82, 2.24) is 4.90 Å². The highest BCUT2D eigenvalue weighted by Gasteiger charge is 2.40. The summed E-state index contributed by atoms with van der Waals surface area (Å²) < 4.78 is 18.5. The molecule has 7 heteroatoms. The van der Waals surface area contributed by atoms with E-state index in [4.69, 9.17) is 15.6 Å². The molecule has 1 saturated heterocycles. The van der Waals surface area contributed by atoms with Gasteiger partial charge in [-0.1, -0.05) is 6.07 Å². The fourth-order valence-electron chi connectivity index (χ4n) is 2.30. The Morgan fingerprint density at radius 1 is 1.50 bits per heavy atom. The van der Waals surface area contributed by atoms with Crippen LogP contribution in [0.15, 0.2) is 18.2 Å². The van der Waals surface area contributed by atoms with Crippen LogP contribution in [0.4, 0.5) is 10.1 Å². The number of likely N-dealkylation sites (tertiary alicyclic amines) is 1. The van der Waals surface area contributed by atoms with Crippen molar-refractivity contribution in [2.24, 2.45) is 0 Å². The van der Waals surface area contributed by atoms with E-state index in [1.165, 1.54) is 19.2 Å². The van der Waals surface area contributed by atoms with Gasteiger partial charge in [-0.2, -0.15) is 0 Å². The molecule has 1 amide bonds. The minimum Gasteiger partial charge on any atom is -0.480 e. The van der Waals surface area contributed by atoms with Gasteiger partial charge in [0.05, 0.1) is 17.4 Å². The van der Waals surface area contributed by atoms with Crippen LogP contribution in [0.5, 0.6) is 0 Å². The minimum absolute atomic E-state index is 0.0343. The smallest absolute Gasteiger partial charge is 0.326 e. The van der Waals surface area contributed by atoms with Crippen LogP contribution in [-0.2, 0) is 9.53 Å². The number of nitrogen functional groups attached to an aromatic ring is 1. The number of carboxylic acid groups (broad SMARTS) is 1.